The zero-order valence-corrected chi connectivity index (χ0v) is 12.4. The van der Waals surface area contributed by atoms with Gasteiger partial charge in [-0.15, -0.1) is 0 Å². The lowest BCUT2D eigenvalue weighted by Gasteiger charge is -2.14. The van der Waals surface area contributed by atoms with E-state index in [4.69, 9.17) is 9.84 Å². The number of carboxylic acid groups (broad SMARTS) is 1. The molecule has 1 aliphatic rings. The number of para-hydroxylation sites is 1. The van der Waals surface area contributed by atoms with Gasteiger partial charge in [0.15, 0.2) is 6.61 Å². The lowest BCUT2D eigenvalue weighted by molar-refractivity contribution is -0.142. The smallest absolute Gasteiger partial charge is 0.326 e. The average Bonchev–Trinajstić information content (AvgIpc) is 3.21. The van der Waals surface area contributed by atoms with Crippen LogP contribution >= 0.6 is 15.9 Å². The third-order valence-electron chi connectivity index (χ3n) is 3.09. The molecule has 1 aromatic rings. The van der Waals surface area contributed by atoms with E-state index in [2.05, 4.69) is 21.2 Å². The summed E-state index contributed by atoms with van der Waals surface area (Å²) in [6.07, 6.45) is 2.59. The third kappa shape index (κ3) is 4.52. The number of carbonyl (C=O) groups is 2. The summed E-state index contributed by atoms with van der Waals surface area (Å²) in [5.74, 6) is -0.433. The molecule has 0 saturated heterocycles. The van der Waals surface area contributed by atoms with Crippen molar-refractivity contribution in [2.75, 3.05) is 6.61 Å². The summed E-state index contributed by atoms with van der Waals surface area (Å²) in [7, 11) is 0. The molecule has 5 nitrogen and oxygen atoms in total. The van der Waals surface area contributed by atoms with E-state index < -0.39 is 17.9 Å². The Morgan fingerprint density at radius 1 is 1.40 bits per heavy atom. The van der Waals surface area contributed by atoms with Crippen molar-refractivity contribution in [1.82, 2.24) is 5.32 Å². The van der Waals surface area contributed by atoms with Gasteiger partial charge < -0.3 is 15.2 Å². The normalized spacial score (nSPS) is 15.4. The number of carbonyl (C=O) groups excluding carboxylic acids is 1. The Morgan fingerprint density at radius 3 is 2.70 bits per heavy atom. The zero-order valence-electron chi connectivity index (χ0n) is 10.8. The van der Waals surface area contributed by atoms with Crippen molar-refractivity contribution in [3.05, 3.63) is 28.7 Å². The maximum atomic E-state index is 11.7. The average molecular weight is 342 g/mol. The van der Waals surface area contributed by atoms with E-state index >= 15 is 0 Å². The summed E-state index contributed by atoms with van der Waals surface area (Å²) in [4.78, 5) is 22.8. The molecule has 0 aliphatic heterocycles. The minimum Gasteiger partial charge on any atom is -0.483 e. The molecule has 1 atom stereocenters. The van der Waals surface area contributed by atoms with Crippen molar-refractivity contribution in [3.63, 3.8) is 0 Å². The lowest BCUT2D eigenvalue weighted by Crippen LogP contribution is -2.43. The maximum Gasteiger partial charge on any atom is 0.326 e. The molecule has 0 spiro atoms. The van der Waals surface area contributed by atoms with Crippen LogP contribution in [-0.2, 0) is 9.59 Å². The molecule has 1 saturated carbocycles. The molecule has 1 fully saturated rings. The Hall–Kier alpha value is -1.56. The van der Waals surface area contributed by atoms with Gasteiger partial charge in [0.1, 0.15) is 11.8 Å². The molecular formula is C14H16BrNO4. The molecule has 20 heavy (non-hydrogen) atoms. The molecule has 108 valence electrons. The van der Waals surface area contributed by atoms with Gasteiger partial charge in [0.05, 0.1) is 4.47 Å². The van der Waals surface area contributed by atoms with Crippen molar-refractivity contribution >= 4 is 27.8 Å². The number of hydrogen-bond donors (Lipinski definition) is 2. The van der Waals surface area contributed by atoms with Crippen LogP contribution in [0.2, 0.25) is 0 Å². The number of ether oxygens (including phenoxy) is 1. The Bertz CT molecular complexity index is 502. The predicted molar refractivity (Wildman–Crippen MR) is 76.5 cm³/mol. The summed E-state index contributed by atoms with van der Waals surface area (Å²) in [5, 5.41) is 11.6. The molecule has 2 N–H and O–H groups in total. The molecule has 0 aromatic heterocycles. The number of carboxylic acids is 1. The van der Waals surface area contributed by atoms with Gasteiger partial charge in [-0.3, -0.25) is 4.79 Å². The molecule has 2 rings (SSSR count). The standard InChI is InChI=1S/C14H16BrNO4/c15-10-3-1-2-4-12(10)20-8-13(17)16-11(14(18)19)7-9-5-6-9/h1-4,9,11H,5-8H2,(H,16,17)(H,18,19). The topological polar surface area (TPSA) is 75.6 Å². The number of aliphatic carboxylic acids is 1. The van der Waals surface area contributed by atoms with Gasteiger partial charge in [-0.1, -0.05) is 25.0 Å². The van der Waals surface area contributed by atoms with Gasteiger partial charge in [-0.05, 0) is 40.4 Å². The minimum atomic E-state index is -0.994. The zero-order chi connectivity index (χ0) is 14.5. The van der Waals surface area contributed by atoms with E-state index in [1.165, 1.54) is 0 Å². The van der Waals surface area contributed by atoms with Gasteiger partial charge >= 0.3 is 5.97 Å². The van der Waals surface area contributed by atoms with E-state index in [1.54, 1.807) is 18.2 Å². The summed E-state index contributed by atoms with van der Waals surface area (Å²) < 4.78 is 6.10. The van der Waals surface area contributed by atoms with E-state index in [0.29, 0.717) is 18.1 Å². The second-order valence-electron chi connectivity index (χ2n) is 4.86. The van der Waals surface area contributed by atoms with Crippen LogP contribution in [0.1, 0.15) is 19.3 Å². The van der Waals surface area contributed by atoms with E-state index in [-0.39, 0.29) is 6.61 Å². The first-order chi connectivity index (χ1) is 9.56. The molecule has 1 amide bonds. The number of halogens is 1. The first kappa shape index (κ1) is 14.8. The Labute approximate surface area is 125 Å². The monoisotopic (exact) mass is 341 g/mol. The molecule has 0 bridgehead atoms. The second kappa shape index (κ2) is 6.74. The highest BCUT2D eigenvalue weighted by Crippen LogP contribution is 2.33. The van der Waals surface area contributed by atoms with Crippen LogP contribution in [-0.4, -0.2) is 29.6 Å². The van der Waals surface area contributed by atoms with Crippen LogP contribution < -0.4 is 10.1 Å². The van der Waals surface area contributed by atoms with Crippen molar-refractivity contribution in [1.29, 1.82) is 0 Å². The highest BCUT2D eigenvalue weighted by molar-refractivity contribution is 9.10. The predicted octanol–water partition coefficient (Wildman–Crippen LogP) is 2.20. The fourth-order valence-electron chi connectivity index (χ4n) is 1.85. The molecule has 1 aliphatic carbocycles. The summed E-state index contributed by atoms with van der Waals surface area (Å²) in [6, 6.07) is 6.35. The minimum absolute atomic E-state index is 0.197. The van der Waals surface area contributed by atoms with Crippen LogP contribution in [0, 0.1) is 5.92 Å². The van der Waals surface area contributed by atoms with Gasteiger partial charge in [-0.2, -0.15) is 0 Å². The Kier molecular flexibility index (Phi) is 5.00. The maximum absolute atomic E-state index is 11.7. The molecular weight excluding hydrogens is 326 g/mol. The van der Waals surface area contributed by atoms with Crippen molar-refractivity contribution in [2.45, 2.75) is 25.3 Å². The number of amides is 1. The second-order valence-corrected chi connectivity index (χ2v) is 5.71. The molecule has 6 heteroatoms. The Morgan fingerprint density at radius 2 is 2.10 bits per heavy atom. The number of benzene rings is 1. The van der Waals surface area contributed by atoms with Gasteiger partial charge in [0.2, 0.25) is 0 Å². The summed E-state index contributed by atoms with van der Waals surface area (Å²) in [5.41, 5.74) is 0. The molecule has 0 radical (unpaired) electrons. The number of rotatable bonds is 7. The van der Waals surface area contributed by atoms with Crippen LogP contribution in [0.5, 0.6) is 5.75 Å². The summed E-state index contributed by atoms with van der Waals surface area (Å²) >= 11 is 3.31. The summed E-state index contributed by atoms with van der Waals surface area (Å²) in [6.45, 7) is -0.197. The number of nitrogens with one attached hydrogen (secondary N) is 1. The first-order valence-electron chi connectivity index (χ1n) is 6.45. The van der Waals surface area contributed by atoms with E-state index in [9.17, 15) is 9.59 Å². The van der Waals surface area contributed by atoms with Gasteiger partial charge in [0.25, 0.3) is 5.91 Å². The van der Waals surface area contributed by atoms with Crippen LogP contribution in [0.3, 0.4) is 0 Å². The van der Waals surface area contributed by atoms with Gasteiger partial charge in [0, 0.05) is 0 Å². The first-order valence-corrected chi connectivity index (χ1v) is 7.25. The van der Waals surface area contributed by atoms with E-state index in [0.717, 1.165) is 17.3 Å². The highest BCUT2D eigenvalue weighted by Gasteiger charge is 2.30. The van der Waals surface area contributed by atoms with Crippen LogP contribution in [0.4, 0.5) is 0 Å². The molecule has 1 unspecified atom stereocenters. The SMILES string of the molecule is O=C(COc1ccccc1Br)NC(CC1CC1)C(=O)O. The fourth-order valence-corrected chi connectivity index (χ4v) is 2.25. The fraction of sp³-hybridized carbons (Fsp3) is 0.429. The Balaban J connectivity index is 1.81. The van der Waals surface area contributed by atoms with Crippen LogP contribution in [0.15, 0.2) is 28.7 Å². The number of hydrogen-bond acceptors (Lipinski definition) is 3. The molecule has 0 heterocycles. The van der Waals surface area contributed by atoms with Gasteiger partial charge in [-0.25, -0.2) is 4.79 Å². The third-order valence-corrected chi connectivity index (χ3v) is 3.75. The van der Waals surface area contributed by atoms with Crippen molar-refractivity contribution in [2.24, 2.45) is 5.92 Å². The quantitative estimate of drug-likeness (QED) is 0.797. The van der Waals surface area contributed by atoms with E-state index in [1.807, 2.05) is 6.07 Å². The largest absolute Gasteiger partial charge is 0.483 e. The highest BCUT2D eigenvalue weighted by atomic mass is 79.9. The van der Waals surface area contributed by atoms with Crippen LogP contribution in [0.25, 0.3) is 0 Å². The van der Waals surface area contributed by atoms with Crippen molar-refractivity contribution in [3.8, 4) is 5.75 Å². The van der Waals surface area contributed by atoms with Crippen molar-refractivity contribution < 1.29 is 19.4 Å². The lowest BCUT2D eigenvalue weighted by atomic mass is 10.1. The molecule has 1 aromatic carbocycles.